The Kier molecular flexibility index (Phi) is 5.35. The van der Waals surface area contributed by atoms with Gasteiger partial charge >= 0.3 is 0 Å². The molecule has 30 heavy (non-hydrogen) atoms. The number of rotatable bonds is 6. The van der Waals surface area contributed by atoms with E-state index < -0.39 is 24.3 Å². The third kappa shape index (κ3) is 3.70. The van der Waals surface area contributed by atoms with Crippen LogP contribution in [0, 0.1) is 11.3 Å². The van der Waals surface area contributed by atoms with Gasteiger partial charge in [-0.05, 0) is 18.2 Å². The Bertz CT molecular complexity index is 1250. The first kappa shape index (κ1) is 19.8. The van der Waals surface area contributed by atoms with E-state index in [1.165, 1.54) is 27.9 Å². The molecule has 3 heterocycles. The first-order valence-corrected chi connectivity index (χ1v) is 10.3. The second kappa shape index (κ2) is 8.10. The van der Waals surface area contributed by atoms with Crippen LogP contribution in [0.5, 0.6) is 0 Å². The average molecular weight is 427 g/mol. The van der Waals surface area contributed by atoms with Crippen molar-refractivity contribution in [2.45, 2.75) is 13.0 Å². The number of benzene rings is 1. The van der Waals surface area contributed by atoms with E-state index in [2.05, 4.69) is 19.8 Å². The Morgan fingerprint density at radius 2 is 2.03 bits per heavy atom. The van der Waals surface area contributed by atoms with E-state index >= 15 is 0 Å². The molecule has 0 saturated heterocycles. The highest BCUT2D eigenvalue weighted by atomic mass is 32.2. The first-order valence-electron chi connectivity index (χ1n) is 8.76. The first-order chi connectivity index (χ1) is 14.5. The normalized spacial score (nSPS) is 12.3. The third-order valence-electron chi connectivity index (χ3n) is 4.33. The van der Waals surface area contributed by atoms with Crippen LogP contribution in [0.1, 0.15) is 5.69 Å². The summed E-state index contributed by atoms with van der Waals surface area (Å²) in [6.45, 7) is -0.577. The molecular weight excluding hydrogens is 412 g/mol. The van der Waals surface area contributed by atoms with Crippen LogP contribution in [0.2, 0.25) is 0 Å². The van der Waals surface area contributed by atoms with E-state index in [4.69, 9.17) is 0 Å². The smallest absolute Gasteiger partial charge is 0.256 e. The van der Waals surface area contributed by atoms with Crippen LogP contribution in [0.25, 0.3) is 28.3 Å². The van der Waals surface area contributed by atoms with Gasteiger partial charge < -0.3 is 9.12 Å². The van der Waals surface area contributed by atoms with Crippen molar-refractivity contribution in [1.29, 1.82) is 5.26 Å². The van der Waals surface area contributed by atoms with Gasteiger partial charge in [-0.3, -0.25) is 0 Å². The number of hydrogen-bond acceptors (Lipinski definition) is 6. The molecule has 4 aromatic rings. The number of hydrogen-bond donors (Lipinski definition) is 1. The Hall–Kier alpha value is -3.49. The summed E-state index contributed by atoms with van der Waals surface area (Å²) in [7, 11) is 0. The molecule has 0 saturated carbocycles. The van der Waals surface area contributed by atoms with Gasteiger partial charge in [0.2, 0.25) is 0 Å². The average Bonchev–Trinajstić information content (AvgIpc) is 3.30. The molecule has 11 heteroatoms. The fourth-order valence-corrected chi connectivity index (χ4v) is 3.63. The Labute approximate surface area is 173 Å². The molecule has 152 valence electrons. The van der Waals surface area contributed by atoms with Gasteiger partial charge in [0.25, 0.3) is 6.43 Å². The molecule has 0 bridgehead atoms. The summed E-state index contributed by atoms with van der Waals surface area (Å²) >= 11 is -1.34. The summed E-state index contributed by atoms with van der Waals surface area (Å²) in [5.74, 6) is 0. The van der Waals surface area contributed by atoms with E-state index in [1.807, 2.05) is 6.07 Å². The molecule has 0 aliphatic rings. The molecule has 1 atom stereocenters. The van der Waals surface area contributed by atoms with Crippen LogP contribution in [-0.4, -0.2) is 41.4 Å². The van der Waals surface area contributed by atoms with Crippen LogP contribution < -0.4 is 4.72 Å². The van der Waals surface area contributed by atoms with Crippen molar-refractivity contribution in [2.75, 3.05) is 11.0 Å². The minimum Gasteiger partial charge on any atom is -0.593 e. The summed E-state index contributed by atoms with van der Waals surface area (Å²) in [4.78, 5) is 8.46. The largest absolute Gasteiger partial charge is 0.593 e. The van der Waals surface area contributed by atoms with Crippen molar-refractivity contribution in [2.24, 2.45) is 0 Å². The second-order valence-electron chi connectivity index (χ2n) is 6.33. The molecule has 0 fully saturated rings. The zero-order valence-corrected chi connectivity index (χ0v) is 16.5. The number of nitrogens with zero attached hydrogens (tertiary/aromatic N) is 6. The van der Waals surface area contributed by atoms with Crippen molar-refractivity contribution < 1.29 is 13.3 Å². The Morgan fingerprint density at radius 3 is 2.77 bits per heavy atom. The summed E-state index contributed by atoms with van der Waals surface area (Å²) in [6.07, 6.45) is 1.60. The number of alkyl halides is 2. The molecule has 0 spiro atoms. The lowest BCUT2D eigenvalue weighted by Crippen LogP contribution is -2.11. The van der Waals surface area contributed by atoms with Gasteiger partial charge in [0.15, 0.2) is 11.3 Å². The highest BCUT2D eigenvalue weighted by molar-refractivity contribution is 7.92. The Morgan fingerprint density at radius 1 is 1.23 bits per heavy atom. The van der Waals surface area contributed by atoms with Gasteiger partial charge in [-0.25, -0.2) is 28.0 Å². The maximum Gasteiger partial charge on any atom is 0.256 e. The quantitative estimate of drug-likeness (QED) is 0.474. The van der Waals surface area contributed by atoms with Crippen molar-refractivity contribution in [3.05, 3.63) is 54.6 Å². The number of fused-ring (bicyclic) bond motifs is 1. The maximum atomic E-state index is 13.2. The van der Waals surface area contributed by atoms with Crippen molar-refractivity contribution >= 4 is 22.7 Å². The molecule has 0 aliphatic carbocycles. The number of aromatic nitrogens is 5. The van der Waals surface area contributed by atoms with Crippen LogP contribution in [-0.2, 0) is 17.9 Å². The van der Waals surface area contributed by atoms with Gasteiger partial charge in [-0.15, -0.1) is 0 Å². The van der Waals surface area contributed by atoms with Gasteiger partial charge in [0, 0.05) is 5.56 Å². The minimum absolute atomic E-state index is 0.219. The van der Waals surface area contributed by atoms with E-state index in [0.29, 0.717) is 34.0 Å². The molecule has 8 nitrogen and oxygen atoms in total. The summed E-state index contributed by atoms with van der Waals surface area (Å²) in [6, 6.07) is 12.3. The molecule has 3 aromatic heterocycles. The zero-order chi connectivity index (χ0) is 21.3. The molecule has 1 unspecified atom stereocenters. The summed E-state index contributed by atoms with van der Waals surface area (Å²) < 4.78 is 43.7. The number of imidazole rings is 2. The molecular formula is C19H15F2N7OS. The van der Waals surface area contributed by atoms with Crippen LogP contribution >= 0.6 is 0 Å². The van der Waals surface area contributed by atoms with E-state index in [-0.39, 0.29) is 5.69 Å². The highest BCUT2D eigenvalue weighted by Crippen LogP contribution is 2.35. The lowest BCUT2D eigenvalue weighted by Gasteiger charge is -2.13. The van der Waals surface area contributed by atoms with Crippen molar-refractivity contribution in [3.63, 3.8) is 0 Å². The lowest BCUT2D eigenvalue weighted by molar-refractivity contribution is 0.127. The number of nitrogens with one attached hydrogen (secondary N) is 1. The fourth-order valence-electron chi connectivity index (χ4n) is 3.14. The lowest BCUT2D eigenvalue weighted by atomic mass is 10.1. The van der Waals surface area contributed by atoms with E-state index in [0.717, 1.165) is 0 Å². The van der Waals surface area contributed by atoms with Crippen LogP contribution in [0.15, 0.2) is 48.9 Å². The van der Waals surface area contributed by atoms with E-state index in [9.17, 15) is 18.6 Å². The van der Waals surface area contributed by atoms with Gasteiger partial charge in [-0.2, -0.15) is 10.4 Å². The predicted molar refractivity (Wildman–Crippen MR) is 108 cm³/mol. The molecule has 0 aliphatic heterocycles. The number of para-hydroxylation sites is 1. The minimum atomic E-state index is -2.60. The monoisotopic (exact) mass is 427 g/mol. The molecule has 4 rings (SSSR count). The number of anilines is 1. The van der Waals surface area contributed by atoms with Crippen molar-refractivity contribution in [3.8, 4) is 28.7 Å². The molecule has 0 amide bonds. The summed E-state index contributed by atoms with van der Waals surface area (Å²) in [5.41, 5.74) is 2.90. The molecule has 1 aromatic carbocycles. The van der Waals surface area contributed by atoms with Crippen molar-refractivity contribution in [1.82, 2.24) is 24.1 Å². The van der Waals surface area contributed by atoms with Gasteiger partial charge in [0.1, 0.15) is 23.7 Å². The highest BCUT2D eigenvalue weighted by Gasteiger charge is 2.22. The Balaban J connectivity index is 1.94. The van der Waals surface area contributed by atoms with Gasteiger partial charge in [0.05, 0.1) is 41.8 Å². The van der Waals surface area contributed by atoms with E-state index in [1.54, 1.807) is 36.4 Å². The molecule has 0 radical (unpaired) electrons. The van der Waals surface area contributed by atoms with Crippen LogP contribution in [0.4, 0.5) is 14.5 Å². The third-order valence-corrected chi connectivity index (χ3v) is 4.84. The number of nitriles is 1. The maximum absolute atomic E-state index is 13.2. The second-order valence-corrected chi connectivity index (χ2v) is 7.44. The number of halogens is 2. The summed E-state index contributed by atoms with van der Waals surface area (Å²) in [5, 5.41) is 13.7. The zero-order valence-electron chi connectivity index (χ0n) is 15.7. The standard InChI is InChI=1S/C19H15F2N7OS/c1-30(29)26-14-5-3-2-4-13(14)18-19(27(11-24-18)10-16(20)21)15-6-7-17-23-9-12(8-22)28(17)25-15/h2-7,9,11,16,26H,10H2,1H3. The van der Waals surface area contributed by atoms with Gasteiger partial charge in [-0.1, -0.05) is 18.2 Å². The van der Waals surface area contributed by atoms with Crippen LogP contribution in [0.3, 0.4) is 0 Å². The fraction of sp³-hybridized carbons (Fsp3) is 0.158. The predicted octanol–water partition coefficient (Wildman–Crippen LogP) is 3.10. The molecule has 1 N–H and O–H groups in total. The topological polar surface area (TPSA) is 107 Å². The SMILES string of the molecule is C[S+]([O-])Nc1ccccc1-c1ncn(CC(F)F)c1-c1ccc2ncc(C#N)n2n1.